The Bertz CT molecular complexity index is 347. The van der Waals surface area contributed by atoms with Gasteiger partial charge in [0.05, 0.1) is 6.54 Å². The Hall–Kier alpha value is -0.570. The molecule has 13 heavy (non-hydrogen) atoms. The monoisotopic (exact) mass is 257 g/mol. The molecule has 0 heterocycles. The molecule has 0 aliphatic rings. The van der Waals surface area contributed by atoms with E-state index in [4.69, 9.17) is 0 Å². The van der Waals surface area contributed by atoms with Crippen molar-refractivity contribution in [3.05, 3.63) is 28.2 Å². The summed E-state index contributed by atoms with van der Waals surface area (Å²) in [5.74, 6) is 0. The summed E-state index contributed by atoms with van der Waals surface area (Å²) in [4.78, 5) is 14.6. The molecule has 0 aromatic heterocycles. The molecule has 0 saturated carbocycles. The zero-order chi connectivity index (χ0) is 9.68. The molecule has 0 N–H and O–H groups in total. The topological polar surface area (TPSA) is 29.4 Å². The van der Waals surface area contributed by atoms with Crippen LogP contribution in [0.2, 0.25) is 0 Å². The quantitative estimate of drug-likeness (QED) is 0.474. The smallest absolute Gasteiger partial charge is 0.211 e. The molecule has 0 saturated heterocycles. The van der Waals surface area contributed by atoms with E-state index in [9.17, 15) is 4.79 Å². The van der Waals surface area contributed by atoms with Crippen molar-refractivity contribution < 1.29 is 4.79 Å². The standard InChI is InChI=1S/C9H8BrNOS/c1-13-9-3-2-7(4-8(9)10)5-11-6-12/h2-4H,5H2,1H3. The highest BCUT2D eigenvalue weighted by molar-refractivity contribution is 9.10. The van der Waals surface area contributed by atoms with E-state index in [0.717, 1.165) is 10.0 Å². The molecular weight excluding hydrogens is 250 g/mol. The van der Waals surface area contributed by atoms with Crippen LogP contribution in [-0.4, -0.2) is 12.3 Å². The zero-order valence-electron chi connectivity index (χ0n) is 7.08. The van der Waals surface area contributed by atoms with Crippen molar-refractivity contribution in [3.63, 3.8) is 0 Å². The van der Waals surface area contributed by atoms with Crippen molar-refractivity contribution in [1.82, 2.24) is 0 Å². The molecule has 0 atom stereocenters. The molecule has 0 radical (unpaired) electrons. The summed E-state index contributed by atoms with van der Waals surface area (Å²) in [6.45, 7) is 0.400. The number of hydrogen-bond donors (Lipinski definition) is 0. The van der Waals surface area contributed by atoms with E-state index < -0.39 is 0 Å². The van der Waals surface area contributed by atoms with E-state index in [2.05, 4.69) is 20.9 Å². The predicted octanol–water partition coefficient (Wildman–Crippen LogP) is 3.01. The maximum atomic E-state index is 9.88. The van der Waals surface area contributed by atoms with Gasteiger partial charge < -0.3 is 0 Å². The first kappa shape index (κ1) is 10.5. The second-order valence-corrected chi connectivity index (χ2v) is 4.08. The average Bonchev–Trinajstić information content (AvgIpc) is 2.15. The van der Waals surface area contributed by atoms with Crippen LogP contribution >= 0.6 is 27.7 Å². The van der Waals surface area contributed by atoms with Gasteiger partial charge in [-0.2, -0.15) is 0 Å². The van der Waals surface area contributed by atoms with Gasteiger partial charge in [0.25, 0.3) is 0 Å². The molecule has 1 aromatic carbocycles. The third-order valence-electron chi connectivity index (χ3n) is 1.54. The van der Waals surface area contributed by atoms with Crippen molar-refractivity contribution in [2.75, 3.05) is 6.26 Å². The van der Waals surface area contributed by atoms with Gasteiger partial charge >= 0.3 is 0 Å². The highest BCUT2D eigenvalue weighted by Gasteiger charge is 1.99. The summed E-state index contributed by atoms with van der Waals surface area (Å²) >= 11 is 5.11. The molecule has 0 aliphatic heterocycles. The van der Waals surface area contributed by atoms with Crippen LogP contribution in [0.15, 0.2) is 32.6 Å². The van der Waals surface area contributed by atoms with Gasteiger partial charge in [-0.3, -0.25) is 0 Å². The van der Waals surface area contributed by atoms with Crippen LogP contribution < -0.4 is 0 Å². The highest BCUT2D eigenvalue weighted by Crippen LogP contribution is 2.26. The van der Waals surface area contributed by atoms with Crippen molar-refractivity contribution >= 4 is 33.8 Å². The van der Waals surface area contributed by atoms with Crippen molar-refractivity contribution in [2.24, 2.45) is 4.99 Å². The third-order valence-corrected chi connectivity index (χ3v) is 3.26. The number of carbonyl (C=O) groups excluding carboxylic acids is 1. The second kappa shape index (κ2) is 5.22. The van der Waals surface area contributed by atoms with Gasteiger partial charge in [-0.05, 0) is 39.9 Å². The molecule has 1 aromatic rings. The summed E-state index contributed by atoms with van der Waals surface area (Å²) < 4.78 is 1.04. The molecule has 1 rings (SSSR count). The minimum Gasteiger partial charge on any atom is -0.211 e. The Kier molecular flexibility index (Phi) is 4.22. The van der Waals surface area contributed by atoms with Crippen LogP contribution in [0.25, 0.3) is 0 Å². The van der Waals surface area contributed by atoms with Crippen LogP contribution in [0.5, 0.6) is 0 Å². The lowest BCUT2D eigenvalue weighted by molar-refractivity contribution is 0.563. The largest absolute Gasteiger partial charge is 0.235 e. The number of nitrogens with zero attached hydrogens (tertiary/aromatic N) is 1. The van der Waals surface area contributed by atoms with Crippen LogP contribution in [0, 0.1) is 0 Å². The molecular formula is C9H8BrNOS. The van der Waals surface area contributed by atoms with Gasteiger partial charge in [-0.25, -0.2) is 9.79 Å². The summed E-state index contributed by atoms with van der Waals surface area (Å²) in [5, 5.41) is 0. The van der Waals surface area contributed by atoms with Crippen LogP contribution in [0.3, 0.4) is 0 Å². The highest BCUT2D eigenvalue weighted by atomic mass is 79.9. The van der Waals surface area contributed by atoms with Gasteiger partial charge in [0.2, 0.25) is 6.08 Å². The van der Waals surface area contributed by atoms with Gasteiger partial charge in [-0.1, -0.05) is 6.07 Å². The molecule has 4 heteroatoms. The maximum Gasteiger partial charge on any atom is 0.235 e. The van der Waals surface area contributed by atoms with Crippen LogP contribution in [-0.2, 0) is 11.3 Å². The van der Waals surface area contributed by atoms with Gasteiger partial charge in [-0.15, -0.1) is 11.8 Å². The zero-order valence-corrected chi connectivity index (χ0v) is 9.48. The fourth-order valence-corrected chi connectivity index (χ4v) is 2.30. The first-order valence-corrected chi connectivity index (χ1v) is 5.65. The number of rotatable bonds is 3. The van der Waals surface area contributed by atoms with Gasteiger partial charge in [0.1, 0.15) is 0 Å². The number of halogens is 1. The molecule has 0 amide bonds. The summed E-state index contributed by atoms with van der Waals surface area (Å²) in [6.07, 6.45) is 3.54. The Labute approximate surface area is 89.6 Å². The normalized spacial score (nSPS) is 9.38. The lowest BCUT2D eigenvalue weighted by atomic mass is 10.2. The summed E-state index contributed by atoms with van der Waals surface area (Å²) in [7, 11) is 0. The van der Waals surface area contributed by atoms with Crippen LogP contribution in [0.1, 0.15) is 5.56 Å². The molecule has 0 unspecified atom stereocenters. The van der Waals surface area contributed by atoms with E-state index in [0.29, 0.717) is 6.54 Å². The Morgan fingerprint density at radius 3 is 2.92 bits per heavy atom. The third kappa shape index (κ3) is 2.99. The van der Waals surface area contributed by atoms with Gasteiger partial charge in [0.15, 0.2) is 0 Å². The fraction of sp³-hybridized carbons (Fsp3) is 0.222. The van der Waals surface area contributed by atoms with Crippen LogP contribution in [0.4, 0.5) is 0 Å². The molecule has 0 aliphatic carbocycles. The fourth-order valence-electron chi connectivity index (χ4n) is 0.932. The number of isocyanates is 1. The van der Waals surface area contributed by atoms with Crippen molar-refractivity contribution in [2.45, 2.75) is 11.4 Å². The lowest BCUT2D eigenvalue weighted by Crippen LogP contribution is -1.82. The second-order valence-electron chi connectivity index (χ2n) is 2.38. The van der Waals surface area contributed by atoms with E-state index in [1.54, 1.807) is 11.8 Å². The van der Waals surface area contributed by atoms with Crippen molar-refractivity contribution in [3.8, 4) is 0 Å². The van der Waals surface area contributed by atoms with Crippen molar-refractivity contribution in [1.29, 1.82) is 0 Å². The molecule has 2 nitrogen and oxygen atoms in total. The minimum absolute atomic E-state index is 0.400. The van der Waals surface area contributed by atoms with E-state index in [1.165, 1.54) is 11.0 Å². The minimum atomic E-state index is 0.400. The van der Waals surface area contributed by atoms with E-state index in [-0.39, 0.29) is 0 Å². The number of aliphatic imine (C=N–C) groups is 1. The summed E-state index contributed by atoms with van der Waals surface area (Å²) in [6, 6.07) is 5.93. The molecule has 0 bridgehead atoms. The molecule has 0 fully saturated rings. The Balaban J connectivity index is 2.88. The number of hydrogen-bond acceptors (Lipinski definition) is 3. The maximum absolute atomic E-state index is 9.88. The number of benzene rings is 1. The average molecular weight is 258 g/mol. The van der Waals surface area contributed by atoms with Gasteiger partial charge in [0, 0.05) is 9.37 Å². The molecule has 68 valence electrons. The Morgan fingerprint density at radius 1 is 1.62 bits per heavy atom. The number of thioether (sulfide) groups is 1. The first-order valence-electron chi connectivity index (χ1n) is 3.64. The predicted molar refractivity (Wildman–Crippen MR) is 57.7 cm³/mol. The van der Waals surface area contributed by atoms with E-state index in [1.807, 2.05) is 24.5 Å². The first-order chi connectivity index (χ1) is 6.27. The molecule has 0 spiro atoms. The van der Waals surface area contributed by atoms with E-state index >= 15 is 0 Å². The summed E-state index contributed by atoms with van der Waals surface area (Å²) in [5.41, 5.74) is 1.01. The Morgan fingerprint density at radius 2 is 2.38 bits per heavy atom. The SMILES string of the molecule is CSc1ccc(CN=C=O)cc1Br. The lowest BCUT2D eigenvalue weighted by Gasteiger charge is -2.01.